The molecule has 0 amide bonds. The Hall–Kier alpha value is -0.280. The van der Waals surface area contributed by atoms with Crippen molar-refractivity contribution in [2.75, 3.05) is 46.7 Å². The number of aliphatic hydroxyl groups is 4. The fraction of sp³-hybridized carbons (Fsp3) is 1.00. The molecular formula is C11H25NO6. The number of aliphatic hydroxyl groups excluding tert-OH is 4. The molecule has 0 spiro atoms. The topological polar surface area (TPSA) is 111 Å². The maximum absolute atomic E-state index is 9.64. The van der Waals surface area contributed by atoms with Crippen LogP contribution >= 0.6 is 0 Å². The minimum absolute atomic E-state index is 0.0986. The summed E-state index contributed by atoms with van der Waals surface area (Å²) in [5.41, 5.74) is -1.18. The second-order valence-electron chi connectivity index (χ2n) is 4.39. The molecule has 0 bridgehead atoms. The van der Waals surface area contributed by atoms with E-state index in [9.17, 15) is 5.11 Å². The van der Waals surface area contributed by atoms with E-state index in [1.165, 1.54) is 0 Å². The Bertz CT molecular complexity index is 192. The van der Waals surface area contributed by atoms with Gasteiger partial charge in [0.1, 0.15) is 0 Å². The van der Waals surface area contributed by atoms with Gasteiger partial charge in [0.05, 0.1) is 50.8 Å². The lowest BCUT2D eigenvalue weighted by Gasteiger charge is -2.30. The van der Waals surface area contributed by atoms with E-state index in [4.69, 9.17) is 24.8 Å². The molecule has 7 nitrogen and oxygen atoms in total. The van der Waals surface area contributed by atoms with Crippen LogP contribution in [0.5, 0.6) is 0 Å². The van der Waals surface area contributed by atoms with Gasteiger partial charge in [-0.3, -0.25) is 0 Å². The predicted molar refractivity (Wildman–Crippen MR) is 65.3 cm³/mol. The summed E-state index contributed by atoms with van der Waals surface area (Å²) in [5, 5.41) is 39.6. The lowest BCUT2D eigenvalue weighted by atomic mass is 10.0. The minimum Gasteiger partial charge on any atom is -0.394 e. The zero-order valence-electron chi connectivity index (χ0n) is 11.0. The zero-order valence-corrected chi connectivity index (χ0v) is 11.0. The molecule has 5 N–H and O–H groups in total. The summed E-state index contributed by atoms with van der Waals surface area (Å²) in [7, 11) is 1.57. The predicted octanol–water partition coefficient (Wildman–Crippen LogP) is -2.30. The Morgan fingerprint density at radius 1 is 1.11 bits per heavy atom. The number of nitrogens with one attached hydrogen (secondary N) is 1. The van der Waals surface area contributed by atoms with E-state index in [0.717, 1.165) is 0 Å². The van der Waals surface area contributed by atoms with Crippen LogP contribution in [0, 0.1) is 0 Å². The third kappa shape index (κ3) is 6.60. The van der Waals surface area contributed by atoms with E-state index in [2.05, 4.69) is 5.32 Å². The van der Waals surface area contributed by atoms with Crippen molar-refractivity contribution in [2.24, 2.45) is 0 Å². The van der Waals surface area contributed by atoms with Crippen molar-refractivity contribution in [1.29, 1.82) is 0 Å². The number of rotatable bonds is 11. The van der Waals surface area contributed by atoms with E-state index in [0.29, 0.717) is 6.61 Å². The highest BCUT2D eigenvalue weighted by atomic mass is 16.5. The molecule has 110 valence electrons. The Morgan fingerprint density at radius 3 is 2.11 bits per heavy atom. The molecule has 0 saturated carbocycles. The molecule has 7 heteroatoms. The van der Waals surface area contributed by atoms with Crippen LogP contribution in [0.3, 0.4) is 0 Å². The lowest BCUT2D eigenvalue weighted by molar-refractivity contribution is -0.0371. The van der Waals surface area contributed by atoms with E-state index in [1.54, 1.807) is 7.11 Å². The van der Waals surface area contributed by atoms with Gasteiger partial charge in [0.2, 0.25) is 0 Å². The van der Waals surface area contributed by atoms with Crippen LogP contribution < -0.4 is 5.32 Å². The minimum atomic E-state index is -1.18. The Kier molecular flexibility index (Phi) is 9.47. The van der Waals surface area contributed by atoms with Gasteiger partial charge in [0.25, 0.3) is 0 Å². The summed E-state index contributed by atoms with van der Waals surface area (Å²) in [6, 6.07) is 0. The van der Waals surface area contributed by atoms with Crippen molar-refractivity contribution in [1.82, 2.24) is 5.32 Å². The zero-order chi connectivity index (χ0) is 14.0. The maximum atomic E-state index is 9.64. The summed E-state index contributed by atoms with van der Waals surface area (Å²) < 4.78 is 10.2. The van der Waals surface area contributed by atoms with Crippen LogP contribution in [-0.2, 0) is 9.47 Å². The van der Waals surface area contributed by atoms with Gasteiger partial charge in [-0.1, -0.05) is 0 Å². The molecule has 2 unspecified atom stereocenters. The van der Waals surface area contributed by atoms with Gasteiger partial charge in [0, 0.05) is 13.7 Å². The molecule has 0 saturated heterocycles. The van der Waals surface area contributed by atoms with Crippen LogP contribution in [0.4, 0.5) is 0 Å². The number of hydrogen-bond donors (Lipinski definition) is 5. The molecule has 0 fully saturated rings. The van der Waals surface area contributed by atoms with Crippen LogP contribution in [0.15, 0.2) is 0 Å². The molecule has 18 heavy (non-hydrogen) atoms. The lowest BCUT2D eigenvalue weighted by Crippen LogP contribution is -2.57. The Morgan fingerprint density at radius 2 is 1.67 bits per heavy atom. The Balaban J connectivity index is 3.90. The fourth-order valence-corrected chi connectivity index (χ4v) is 1.27. The van der Waals surface area contributed by atoms with E-state index in [-0.39, 0.29) is 19.3 Å². The number of ether oxygens (including phenoxy) is 2. The van der Waals surface area contributed by atoms with Gasteiger partial charge in [-0.15, -0.1) is 0 Å². The highest BCUT2D eigenvalue weighted by molar-refractivity contribution is 4.87. The van der Waals surface area contributed by atoms with Crippen molar-refractivity contribution in [3.8, 4) is 0 Å². The normalized spacial score (nSPS) is 15.7. The maximum Gasteiger partial charge on any atom is 0.0898 e. The van der Waals surface area contributed by atoms with Crippen molar-refractivity contribution in [3.05, 3.63) is 0 Å². The molecule has 0 aromatic rings. The first-order chi connectivity index (χ1) is 8.53. The first kappa shape index (κ1) is 17.7. The van der Waals surface area contributed by atoms with E-state index < -0.39 is 31.5 Å². The SMILES string of the molecule is COCC(C)OCC(O)CNC(CO)(CO)CO. The van der Waals surface area contributed by atoms with Gasteiger partial charge in [-0.2, -0.15) is 0 Å². The summed E-state index contributed by atoms with van der Waals surface area (Å²) in [5.74, 6) is 0. The molecule has 0 aliphatic heterocycles. The van der Waals surface area contributed by atoms with E-state index >= 15 is 0 Å². The second-order valence-corrected chi connectivity index (χ2v) is 4.39. The van der Waals surface area contributed by atoms with Crippen molar-refractivity contribution >= 4 is 0 Å². The largest absolute Gasteiger partial charge is 0.394 e. The van der Waals surface area contributed by atoms with Gasteiger partial charge < -0.3 is 35.2 Å². The fourth-order valence-electron chi connectivity index (χ4n) is 1.27. The second kappa shape index (κ2) is 9.62. The summed E-state index contributed by atoms with van der Waals surface area (Å²) in [4.78, 5) is 0. The average molecular weight is 267 g/mol. The van der Waals surface area contributed by atoms with Crippen LogP contribution in [-0.4, -0.2) is 84.9 Å². The highest BCUT2D eigenvalue weighted by Crippen LogP contribution is 2.02. The molecule has 0 aromatic carbocycles. The van der Waals surface area contributed by atoms with Gasteiger partial charge in [-0.05, 0) is 6.92 Å². The van der Waals surface area contributed by atoms with Crippen molar-refractivity contribution < 1.29 is 29.9 Å². The van der Waals surface area contributed by atoms with Gasteiger partial charge in [0.15, 0.2) is 0 Å². The molecule has 2 atom stereocenters. The molecule has 0 aliphatic carbocycles. The molecule has 0 rings (SSSR count). The van der Waals surface area contributed by atoms with Gasteiger partial charge >= 0.3 is 0 Å². The van der Waals surface area contributed by atoms with Crippen LogP contribution in [0.1, 0.15) is 6.92 Å². The highest BCUT2D eigenvalue weighted by Gasteiger charge is 2.28. The summed E-state index contributed by atoms with van der Waals surface area (Å²) in [6.45, 7) is 1.20. The van der Waals surface area contributed by atoms with E-state index in [1.807, 2.05) is 6.92 Å². The molecule has 0 heterocycles. The third-order valence-corrected chi connectivity index (χ3v) is 2.60. The Labute approximate surface area is 107 Å². The molecule has 0 radical (unpaired) electrons. The number of hydrogen-bond acceptors (Lipinski definition) is 7. The summed E-state index contributed by atoms with van der Waals surface area (Å²) >= 11 is 0. The number of methoxy groups -OCH3 is 1. The first-order valence-electron chi connectivity index (χ1n) is 5.89. The van der Waals surface area contributed by atoms with Gasteiger partial charge in [-0.25, -0.2) is 0 Å². The average Bonchev–Trinajstić information content (AvgIpc) is 2.39. The molecule has 0 aliphatic rings. The van der Waals surface area contributed by atoms with Crippen molar-refractivity contribution in [2.45, 2.75) is 24.7 Å². The standard InChI is InChI=1S/C11H25NO6/c1-9(4-17-2)18-5-10(16)3-12-11(6-13,7-14)8-15/h9-10,12-16H,3-8H2,1-2H3. The van der Waals surface area contributed by atoms with Crippen molar-refractivity contribution in [3.63, 3.8) is 0 Å². The number of β-amino-alcohol motifs (C(OH)–C–C–N with tert-alkyl or cyclic N) is 1. The summed E-state index contributed by atoms with van der Waals surface area (Å²) in [6.07, 6.45) is -0.920. The molecular weight excluding hydrogens is 242 g/mol. The smallest absolute Gasteiger partial charge is 0.0898 e. The molecule has 0 aromatic heterocycles. The monoisotopic (exact) mass is 267 g/mol. The first-order valence-corrected chi connectivity index (χ1v) is 5.89. The quantitative estimate of drug-likeness (QED) is 0.286. The third-order valence-electron chi connectivity index (χ3n) is 2.60. The van der Waals surface area contributed by atoms with Crippen LogP contribution in [0.2, 0.25) is 0 Å². The van der Waals surface area contributed by atoms with Crippen LogP contribution in [0.25, 0.3) is 0 Å².